The average molecular weight is 455 g/mol. The molecule has 3 atom stereocenters. The molecule has 0 bridgehead atoms. The van der Waals surface area contributed by atoms with Crippen molar-refractivity contribution in [3.63, 3.8) is 0 Å². The summed E-state index contributed by atoms with van der Waals surface area (Å²) in [6.45, 7) is 4.68. The van der Waals surface area contributed by atoms with E-state index in [4.69, 9.17) is 4.74 Å². The molecule has 0 saturated heterocycles. The molecule has 0 aliphatic heterocycles. The van der Waals surface area contributed by atoms with Gasteiger partial charge >= 0.3 is 0 Å². The molecule has 0 heterocycles. The Morgan fingerprint density at radius 3 is 2.26 bits per heavy atom. The van der Waals surface area contributed by atoms with E-state index < -0.39 is 0 Å². The lowest BCUT2D eigenvalue weighted by atomic mass is 9.80. The Balaban J connectivity index is 2.11. The highest BCUT2D eigenvalue weighted by molar-refractivity contribution is 9.11. The molecule has 1 aromatic rings. The van der Waals surface area contributed by atoms with Crippen LogP contribution in [-0.2, 0) is 5.33 Å². The van der Waals surface area contributed by atoms with E-state index in [0.717, 1.165) is 44.7 Å². The number of rotatable bonds is 3. The second kappa shape index (κ2) is 6.95. The molecule has 0 N–H and O–H groups in total. The smallest absolute Gasteiger partial charge is 0.148 e. The number of halogens is 3. The van der Waals surface area contributed by atoms with Crippen LogP contribution in [0.15, 0.2) is 21.1 Å². The summed E-state index contributed by atoms with van der Waals surface area (Å²) in [4.78, 5) is 0. The molecule has 3 unspecified atom stereocenters. The standard InChI is InChI=1S/C15H19Br3O/c1-9-3-4-12(5-10(9)2)19-15-13(17)6-11(8-16)7-14(15)18/h6-7,9-10,12H,3-5,8H2,1-2H3. The predicted octanol–water partition coefficient (Wildman–Crippen LogP) is 6.31. The predicted molar refractivity (Wildman–Crippen MR) is 91.1 cm³/mol. The molecule has 1 aliphatic rings. The second-order valence-electron chi connectivity index (χ2n) is 5.53. The highest BCUT2D eigenvalue weighted by Crippen LogP contribution is 2.39. The van der Waals surface area contributed by atoms with Crippen LogP contribution in [0.3, 0.4) is 0 Å². The van der Waals surface area contributed by atoms with E-state index in [-0.39, 0.29) is 0 Å². The highest BCUT2D eigenvalue weighted by Gasteiger charge is 2.26. The van der Waals surface area contributed by atoms with Crippen molar-refractivity contribution in [3.8, 4) is 5.75 Å². The van der Waals surface area contributed by atoms with Crippen molar-refractivity contribution in [3.05, 3.63) is 26.6 Å². The summed E-state index contributed by atoms with van der Waals surface area (Å²) in [5.74, 6) is 2.51. The van der Waals surface area contributed by atoms with Gasteiger partial charge in [-0.2, -0.15) is 0 Å². The summed E-state index contributed by atoms with van der Waals surface area (Å²) < 4.78 is 8.29. The van der Waals surface area contributed by atoms with Crippen LogP contribution in [-0.4, -0.2) is 6.10 Å². The van der Waals surface area contributed by atoms with Gasteiger partial charge in [-0.25, -0.2) is 0 Å². The lowest BCUT2D eigenvalue weighted by Gasteiger charge is -2.32. The van der Waals surface area contributed by atoms with Crippen LogP contribution in [0.1, 0.15) is 38.7 Å². The van der Waals surface area contributed by atoms with Crippen molar-refractivity contribution in [2.45, 2.75) is 44.5 Å². The first-order valence-corrected chi connectivity index (χ1v) is 9.42. The Kier molecular flexibility index (Phi) is 5.79. The number of hydrogen-bond donors (Lipinski definition) is 0. The molecule has 0 spiro atoms. The van der Waals surface area contributed by atoms with E-state index in [2.05, 4.69) is 73.8 Å². The van der Waals surface area contributed by atoms with E-state index >= 15 is 0 Å². The minimum atomic E-state index is 0.341. The third-order valence-electron chi connectivity index (χ3n) is 4.05. The number of benzene rings is 1. The molecule has 0 radical (unpaired) electrons. The van der Waals surface area contributed by atoms with E-state index in [9.17, 15) is 0 Å². The zero-order valence-corrected chi connectivity index (χ0v) is 16.0. The first-order chi connectivity index (χ1) is 9.01. The van der Waals surface area contributed by atoms with Gasteiger partial charge in [0.25, 0.3) is 0 Å². The maximum Gasteiger partial charge on any atom is 0.148 e. The molecule has 2 rings (SSSR count). The van der Waals surface area contributed by atoms with E-state index in [1.54, 1.807) is 0 Å². The number of alkyl halides is 1. The van der Waals surface area contributed by atoms with Crippen LogP contribution >= 0.6 is 47.8 Å². The van der Waals surface area contributed by atoms with E-state index in [1.807, 2.05) is 0 Å². The van der Waals surface area contributed by atoms with Gasteiger partial charge in [0.05, 0.1) is 15.0 Å². The second-order valence-corrected chi connectivity index (χ2v) is 7.80. The molecular weight excluding hydrogens is 436 g/mol. The summed E-state index contributed by atoms with van der Waals surface area (Å²) in [5.41, 5.74) is 1.23. The van der Waals surface area contributed by atoms with Crippen LogP contribution in [0, 0.1) is 11.8 Å². The van der Waals surface area contributed by atoms with Crippen molar-refractivity contribution >= 4 is 47.8 Å². The van der Waals surface area contributed by atoms with E-state index in [1.165, 1.54) is 12.0 Å². The Morgan fingerprint density at radius 2 is 1.74 bits per heavy atom. The zero-order chi connectivity index (χ0) is 14.0. The molecule has 106 valence electrons. The van der Waals surface area contributed by atoms with Gasteiger partial charge in [0, 0.05) is 5.33 Å². The number of ether oxygens (including phenoxy) is 1. The van der Waals surface area contributed by atoms with Gasteiger partial charge in [0.1, 0.15) is 5.75 Å². The van der Waals surface area contributed by atoms with Gasteiger partial charge < -0.3 is 4.74 Å². The van der Waals surface area contributed by atoms with Crippen LogP contribution in [0.2, 0.25) is 0 Å². The van der Waals surface area contributed by atoms with Crippen LogP contribution in [0.5, 0.6) is 5.75 Å². The molecule has 0 aromatic heterocycles. The van der Waals surface area contributed by atoms with Gasteiger partial charge in [-0.05, 0) is 80.7 Å². The molecule has 1 aromatic carbocycles. The fourth-order valence-corrected chi connectivity index (χ4v) is 4.37. The van der Waals surface area contributed by atoms with Crippen molar-refractivity contribution in [1.29, 1.82) is 0 Å². The average Bonchev–Trinajstić information content (AvgIpc) is 2.37. The summed E-state index contributed by atoms with van der Waals surface area (Å²) >= 11 is 10.7. The first-order valence-electron chi connectivity index (χ1n) is 6.71. The van der Waals surface area contributed by atoms with Crippen molar-refractivity contribution in [1.82, 2.24) is 0 Å². The van der Waals surface area contributed by atoms with Crippen molar-refractivity contribution < 1.29 is 4.74 Å². The minimum Gasteiger partial charge on any atom is -0.488 e. The Labute approximate surface area is 140 Å². The lowest BCUT2D eigenvalue weighted by molar-refractivity contribution is 0.0992. The molecular formula is C15H19Br3O. The normalized spacial score (nSPS) is 27.3. The molecule has 4 heteroatoms. The van der Waals surface area contributed by atoms with Gasteiger partial charge in [0.15, 0.2) is 0 Å². The van der Waals surface area contributed by atoms with Crippen LogP contribution in [0.4, 0.5) is 0 Å². The fraction of sp³-hybridized carbons (Fsp3) is 0.600. The van der Waals surface area contributed by atoms with Crippen LogP contribution in [0.25, 0.3) is 0 Å². The summed E-state index contributed by atoms with van der Waals surface area (Å²) in [6, 6.07) is 4.23. The third kappa shape index (κ3) is 3.98. The van der Waals surface area contributed by atoms with Gasteiger partial charge in [-0.1, -0.05) is 29.8 Å². The van der Waals surface area contributed by atoms with Crippen LogP contribution < -0.4 is 4.74 Å². The van der Waals surface area contributed by atoms with Gasteiger partial charge in [-0.3, -0.25) is 0 Å². The minimum absolute atomic E-state index is 0.341. The van der Waals surface area contributed by atoms with Gasteiger partial charge in [0.2, 0.25) is 0 Å². The van der Waals surface area contributed by atoms with Crippen molar-refractivity contribution in [2.75, 3.05) is 0 Å². The lowest BCUT2D eigenvalue weighted by Crippen LogP contribution is -2.29. The molecule has 0 amide bonds. The fourth-order valence-electron chi connectivity index (χ4n) is 2.57. The topological polar surface area (TPSA) is 9.23 Å². The maximum atomic E-state index is 6.23. The largest absolute Gasteiger partial charge is 0.488 e. The summed E-state index contributed by atoms with van der Waals surface area (Å²) in [5, 5.41) is 0.850. The molecule has 1 nitrogen and oxygen atoms in total. The SMILES string of the molecule is CC1CCC(Oc2c(Br)cc(CBr)cc2Br)CC1C. The molecule has 1 aliphatic carbocycles. The summed E-state index contributed by atoms with van der Waals surface area (Å²) in [6.07, 6.45) is 3.92. The molecule has 19 heavy (non-hydrogen) atoms. The monoisotopic (exact) mass is 452 g/mol. The highest BCUT2D eigenvalue weighted by atomic mass is 79.9. The quantitative estimate of drug-likeness (QED) is 0.486. The Morgan fingerprint density at radius 1 is 1.11 bits per heavy atom. The first kappa shape index (κ1) is 15.8. The Bertz CT molecular complexity index is 424. The van der Waals surface area contributed by atoms with Gasteiger partial charge in [-0.15, -0.1) is 0 Å². The summed E-state index contributed by atoms with van der Waals surface area (Å²) in [7, 11) is 0. The van der Waals surface area contributed by atoms with Crippen molar-refractivity contribution in [2.24, 2.45) is 11.8 Å². The zero-order valence-electron chi connectivity index (χ0n) is 11.3. The molecule has 1 saturated carbocycles. The van der Waals surface area contributed by atoms with E-state index in [0.29, 0.717) is 6.10 Å². The maximum absolute atomic E-state index is 6.23. The third-order valence-corrected chi connectivity index (χ3v) is 5.87. The Hall–Kier alpha value is 0.460. The number of hydrogen-bond acceptors (Lipinski definition) is 1. The molecule has 1 fully saturated rings.